The molecule has 2 rings (SSSR count). The van der Waals surface area contributed by atoms with E-state index in [0.717, 1.165) is 16.8 Å². The summed E-state index contributed by atoms with van der Waals surface area (Å²) in [4.78, 5) is 4.62. The van der Waals surface area contributed by atoms with Gasteiger partial charge in [0, 0.05) is 17.1 Å². The number of nitrogens with two attached hydrogens (primary N) is 1. The van der Waals surface area contributed by atoms with Gasteiger partial charge in [-0.3, -0.25) is 4.98 Å². The average molecular weight is 214 g/mol. The fraction of sp³-hybridized carbons (Fsp3) is 0.357. The highest BCUT2D eigenvalue weighted by atomic mass is 14.7. The lowest BCUT2D eigenvalue weighted by Gasteiger charge is -2.13. The van der Waals surface area contributed by atoms with E-state index in [1.807, 2.05) is 13.8 Å². The van der Waals surface area contributed by atoms with Crippen molar-refractivity contribution >= 4 is 10.9 Å². The third-order valence-electron chi connectivity index (χ3n) is 2.91. The zero-order valence-corrected chi connectivity index (χ0v) is 10.3. The second kappa shape index (κ2) is 3.87. The standard InChI is InChI=1S/C14H18N2/c1-8-5-12-9(2)7-10(3)16-14(12)13(6-8)11(4)15/h5-7,11H,15H2,1-4H3. The van der Waals surface area contributed by atoms with Crippen LogP contribution in [0.1, 0.15) is 35.3 Å². The smallest absolute Gasteiger partial charge is 0.0755 e. The molecule has 1 aromatic heterocycles. The van der Waals surface area contributed by atoms with Crippen LogP contribution in [0.15, 0.2) is 18.2 Å². The molecule has 2 heteroatoms. The van der Waals surface area contributed by atoms with E-state index in [9.17, 15) is 0 Å². The molecule has 0 bridgehead atoms. The van der Waals surface area contributed by atoms with E-state index in [4.69, 9.17) is 5.73 Å². The number of rotatable bonds is 1. The van der Waals surface area contributed by atoms with E-state index in [2.05, 4.69) is 37.0 Å². The number of aryl methyl sites for hydroxylation is 3. The van der Waals surface area contributed by atoms with Crippen LogP contribution in [0, 0.1) is 20.8 Å². The van der Waals surface area contributed by atoms with E-state index < -0.39 is 0 Å². The number of benzene rings is 1. The molecule has 0 aliphatic rings. The molecule has 0 saturated heterocycles. The average Bonchev–Trinajstić information content (AvgIpc) is 2.18. The van der Waals surface area contributed by atoms with Crippen molar-refractivity contribution in [3.05, 3.63) is 40.6 Å². The van der Waals surface area contributed by atoms with Crippen molar-refractivity contribution in [2.45, 2.75) is 33.7 Å². The molecule has 84 valence electrons. The minimum Gasteiger partial charge on any atom is -0.324 e. The molecule has 0 fully saturated rings. The van der Waals surface area contributed by atoms with E-state index in [0.29, 0.717) is 0 Å². The Morgan fingerprint density at radius 2 is 1.81 bits per heavy atom. The minimum atomic E-state index is 0.0242. The maximum absolute atomic E-state index is 6.01. The highest BCUT2D eigenvalue weighted by Gasteiger charge is 2.10. The van der Waals surface area contributed by atoms with Gasteiger partial charge in [-0.05, 0) is 51.0 Å². The number of hydrogen-bond acceptors (Lipinski definition) is 2. The van der Waals surface area contributed by atoms with Gasteiger partial charge in [0.1, 0.15) is 0 Å². The molecule has 1 unspecified atom stereocenters. The summed E-state index contributed by atoms with van der Waals surface area (Å²) in [7, 11) is 0. The Labute approximate surface area is 96.5 Å². The predicted octanol–water partition coefficient (Wildman–Crippen LogP) is 3.18. The normalized spacial score (nSPS) is 13.1. The fourth-order valence-corrected chi connectivity index (χ4v) is 2.18. The van der Waals surface area contributed by atoms with E-state index >= 15 is 0 Å². The predicted molar refractivity (Wildman–Crippen MR) is 68.6 cm³/mol. The van der Waals surface area contributed by atoms with Gasteiger partial charge in [-0.25, -0.2) is 0 Å². The van der Waals surface area contributed by atoms with E-state index in [1.54, 1.807) is 0 Å². The molecule has 2 aromatic rings. The molecular weight excluding hydrogens is 196 g/mol. The van der Waals surface area contributed by atoms with Crippen LogP contribution in [-0.2, 0) is 0 Å². The van der Waals surface area contributed by atoms with Crippen molar-refractivity contribution in [2.24, 2.45) is 5.73 Å². The lowest BCUT2D eigenvalue weighted by molar-refractivity contribution is 0.822. The maximum Gasteiger partial charge on any atom is 0.0755 e. The molecule has 0 saturated carbocycles. The molecular formula is C14H18N2. The number of hydrogen-bond donors (Lipinski definition) is 1. The van der Waals surface area contributed by atoms with Gasteiger partial charge in [0.15, 0.2) is 0 Å². The van der Waals surface area contributed by atoms with Crippen LogP contribution in [0.3, 0.4) is 0 Å². The van der Waals surface area contributed by atoms with Gasteiger partial charge < -0.3 is 5.73 Å². The van der Waals surface area contributed by atoms with Gasteiger partial charge in [-0.15, -0.1) is 0 Å². The minimum absolute atomic E-state index is 0.0242. The van der Waals surface area contributed by atoms with Crippen LogP contribution in [0.2, 0.25) is 0 Å². The van der Waals surface area contributed by atoms with Crippen molar-refractivity contribution in [1.82, 2.24) is 4.98 Å². The summed E-state index contributed by atoms with van der Waals surface area (Å²) in [5, 5.41) is 1.22. The van der Waals surface area contributed by atoms with Crippen LogP contribution in [0.5, 0.6) is 0 Å². The second-order valence-electron chi connectivity index (χ2n) is 4.62. The first-order valence-electron chi connectivity index (χ1n) is 5.63. The van der Waals surface area contributed by atoms with Gasteiger partial charge in [-0.2, -0.15) is 0 Å². The molecule has 16 heavy (non-hydrogen) atoms. The first-order valence-corrected chi connectivity index (χ1v) is 5.63. The Kier molecular flexibility index (Phi) is 2.68. The zero-order valence-electron chi connectivity index (χ0n) is 10.3. The topological polar surface area (TPSA) is 38.9 Å². The molecule has 1 aromatic carbocycles. The second-order valence-corrected chi connectivity index (χ2v) is 4.62. The van der Waals surface area contributed by atoms with Gasteiger partial charge in [0.2, 0.25) is 0 Å². The molecule has 0 radical (unpaired) electrons. The third-order valence-corrected chi connectivity index (χ3v) is 2.91. The number of aromatic nitrogens is 1. The summed E-state index contributed by atoms with van der Waals surface area (Å²) in [6.45, 7) is 8.26. The fourth-order valence-electron chi connectivity index (χ4n) is 2.18. The molecule has 1 atom stereocenters. The summed E-state index contributed by atoms with van der Waals surface area (Å²) >= 11 is 0. The van der Waals surface area contributed by atoms with Gasteiger partial charge >= 0.3 is 0 Å². The SMILES string of the molecule is Cc1cc(C(C)N)c2nc(C)cc(C)c2c1. The highest BCUT2D eigenvalue weighted by Crippen LogP contribution is 2.26. The molecule has 0 aliphatic carbocycles. The van der Waals surface area contributed by atoms with Crippen LogP contribution < -0.4 is 5.73 Å². The van der Waals surface area contributed by atoms with Crippen LogP contribution >= 0.6 is 0 Å². The Bertz CT molecular complexity index is 542. The van der Waals surface area contributed by atoms with Crippen molar-refractivity contribution < 1.29 is 0 Å². The van der Waals surface area contributed by atoms with Gasteiger partial charge in [0.05, 0.1) is 5.52 Å². The van der Waals surface area contributed by atoms with Crippen molar-refractivity contribution in [3.8, 4) is 0 Å². The molecule has 1 heterocycles. The number of pyridine rings is 1. The van der Waals surface area contributed by atoms with E-state index in [-0.39, 0.29) is 6.04 Å². The summed E-state index contributed by atoms with van der Waals surface area (Å²) < 4.78 is 0. The lowest BCUT2D eigenvalue weighted by Crippen LogP contribution is -2.07. The Balaban J connectivity index is 2.89. The Morgan fingerprint density at radius 1 is 1.12 bits per heavy atom. The monoisotopic (exact) mass is 214 g/mol. The third kappa shape index (κ3) is 1.81. The summed E-state index contributed by atoms with van der Waals surface area (Å²) in [5.41, 5.74) is 11.8. The highest BCUT2D eigenvalue weighted by molar-refractivity contribution is 5.86. The first-order chi connectivity index (χ1) is 7.49. The number of nitrogens with zero attached hydrogens (tertiary/aromatic N) is 1. The van der Waals surface area contributed by atoms with Crippen molar-refractivity contribution in [1.29, 1.82) is 0 Å². The maximum atomic E-state index is 6.01. The van der Waals surface area contributed by atoms with Gasteiger partial charge in [0.25, 0.3) is 0 Å². The van der Waals surface area contributed by atoms with E-state index in [1.165, 1.54) is 16.5 Å². The molecule has 0 amide bonds. The molecule has 0 spiro atoms. The summed E-state index contributed by atoms with van der Waals surface area (Å²) in [5.74, 6) is 0. The van der Waals surface area contributed by atoms with Crippen LogP contribution in [0.4, 0.5) is 0 Å². The molecule has 0 aliphatic heterocycles. The first kappa shape index (κ1) is 11.1. The van der Waals surface area contributed by atoms with Crippen molar-refractivity contribution in [2.75, 3.05) is 0 Å². The Hall–Kier alpha value is -1.41. The summed E-state index contributed by atoms with van der Waals surface area (Å²) in [6, 6.07) is 6.46. The van der Waals surface area contributed by atoms with Crippen molar-refractivity contribution in [3.63, 3.8) is 0 Å². The largest absolute Gasteiger partial charge is 0.324 e. The van der Waals surface area contributed by atoms with Gasteiger partial charge in [-0.1, -0.05) is 11.6 Å². The number of fused-ring (bicyclic) bond motifs is 1. The van der Waals surface area contributed by atoms with Crippen LogP contribution in [-0.4, -0.2) is 4.98 Å². The molecule has 2 nitrogen and oxygen atoms in total. The lowest BCUT2D eigenvalue weighted by atomic mass is 9.98. The Morgan fingerprint density at radius 3 is 2.44 bits per heavy atom. The quantitative estimate of drug-likeness (QED) is 0.791. The summed E-state index contributed by atoms with van der Waals surface area (Å²) in [6.07, 6.45) is 0. The zero-order chi connectivity index (χ0) is 11.9. The molecule has 2 N–H and O–H groups in total. The van der Waals surface area contributed by atoms with Crippen LogP contribution in [0.25, 0.3) is 10.9 Å².